The van der Waals surface area contributed by atoms with E-state index in [0.717, 1.165) is 11.4 Å². The van der Waals surface area contributed by atoms with Gasteiger partial charge in [0.15, 0.2) is 0 Å². The van der Waals surface area contributed by atoms with E-state index in [4.69, 9.17) is 0 Å². The van der Waals surface area contributed by atoms with Gasteiger partial charge in [-0.1, -0.05) is 146 Å². The van der Waals surface area contributed by atoms with Crippen molar-refractivity contribution in [2.75, 3.05) is 4.90 Å². The first-order valence-corrected chi connectivity index (χ1v) is 17.2. The standard InChI is InChI=1S/C46H31NS/c1-3-14-33(15-4-1)40-28-27-39(31-43(40)34-16-5-2-6-17-34)47(44-23-12-22-42-41-21-9-10-24-45(41)48-46(42)44)38-20-11-19-36(30-38)37-26-25-32-13-7-8-18-35(32)29-37/h1-31H. The lowest BCUT2D eigenvalue weighted by molar-refractivity contribution is 1.30. The zero-order chi connectivity index (χ0) is 31.9. The Morgan fingerprint density at radius 3 is 1.81 bits per heavy atom. The molecule has 1 nitrogen and oxygen atoms in total. The summed E-state index contributed by atoms with van der Waals surface area (Å²) in [6.07, 6.45) is 0. The van der Waals surface area contributed by atoms with Crippen LogP contribution in [0.3, 0.4) is 0 Å². The second-order valence-corrected chi connectivity index (χ2v) is 13.2. The van der Waals surface area contributed by atoms with Gasteiger partial charge >= 0.3 is 0 Å². The zero-order valence-corrected chi connectivity index (χ0v) is 27.1. The first kappa shape index (κ1) is 28.3. The SMILES string of the molecule is c1ccc(-c2ccc(N(c3cccc(-c4ccc5ccccc5c4)c3)c3cccc4c3sc3ccccc34)cc2-c2ccccc2)cc1. The van der Waals surface area contributed by atoms with Gasteiger partial charge in [-0.3, -0.25) is 0 Å². The average Bonchev–Trinajstić information content (AvgIpc) is 3.55. The number of anilines is 3. The Labute approximate surface area is 284 Å². The summed E-state index contributed by atoms with van der Waals surface area (Å²) < 4.78 is 2.58. The lowest BCUT2D eigenvalue weighted by atomic mass is 9.93. The van der Waals surface area contributed by atoms with E-state index >= 15 is 0 Å². The molecule has 9 aromatic rings. The topological polar surface area (TPSA) is 3.24 Å². The molecule has 48 heavy (non-hydrogen) atoms. The molecule has 9 rings (SSSR count). The molecule has 0 spiro atoms. The Morgan fingerprint density at radius 1 is 0.354 bits per heavy atom. The minimum absolute atomic E-state index is 1.12. The summed E-state index contributed by atoms with van der Waals surface area (Å²) in [4.78, 5) is 2.45. The molecule has 0 unspecified atom stereocenters. The third kappa shape index (κ3) is 5.04. The van der Waals surface area contributed by atoms with Crippen molar-refractivity contribution in [3.8, 4) is 33.4 Å². The molecule has 0 aliphatic rings. The highest BCUT2D eigenvalue weighted by molar-refractivity contribution is 7.26. The van der Waals surface area contributed by atoms with E-state index in [2.05, 4.69) is 193 Å². The second kappa shape index (κ2) is 12.0. The molecule has 0 radical (unpaired) electrons. The van der Waals surface area contributed by atoms with Crippen LogP contribution in [0.4, 0.5) is 17.1 Å². The average molecular weight is 630 g/mol. The molecule has 0 saturated heterocycles. The number of nitrogens with zero attached hydrogens (tertiary/aromatic N) is 1. The molecule has 8 aromatic carbocycles. The van der Waals surface area contributed by atoms with Crippen molar-refractivity contribution in [2.24, 2.45) is 0 Å². The third-order valence-electron chi connectivity index (χ3n) is 9.24. The van der Waals surface area contributed by atoms with E-state index < -0.39 is 0 Å². The maximum absolute atomic E-state index is 2.45. The van der Waals surface area contributed by atoms with Crippen molar-refractivity contribution in [2.45, 2.75) is 0 Å². The predicted molar refractivity (Wildman–Crippen MR) is 208 cm³/mol. The Kier molecular flexibility index (Phi) is 7.07. The molecule has 0 aliphatic heterocycles. The zero-order valence-electron chi connectivity index (χ0n) is 26.3. The summed E-state index contributed by atoms with van der Waals surface area (Å²) in [7, 11) is 0. The molecule has 0 fully saturated rings. The van der Waals surface area contributed by atoms with Gasteiger partial charge in [0, 0.05) is 26.8 Å². The molecule has 1 aromatic heterocycles. The van der Waals surface area contributed by atoms with Gasteiger partial charge in [0.1, 0.15) is 0 Å². The quantitative estimate of drug-likeness (QED) is 0.177. The van der Waals surface area contributed by atoms with Gasteiger partial charge in [0.05, 0.1) is 10.4 Å². The highest BCUT2D eigenvalue weighted by Crippen LogP contribution is 2.47. The number of benzene rings is 8. The van der Waals surface area contributed by atoms with Gasteiger partial charge in [0.2, 0.25) is 0 Å². The summed E-state index contributed by atoms with van der Waals surface area (Å²) in [5.41, 5.74) is 10.6. The van der Waals surface area contributed by atoms with Crippen LogP contribution in [0.15, 0.2) is 188 Å². The first-order chi connectivity index (χ1) is 23.8. The molecule has 0 atom stereocenters. The van der Waals surface area contributed by atoms with Crippen molar-refractivity contribution in [3.05, 3.63) is 188 Å². The Bertz CT molecular complexity index is 2560. The van der Waals surface area contributed by atoms with Gasteiger partial charge in [-0.2, -0.15) is 0 Å². The van der Waals surface area contributed by atoms with Crippen molar-refractivity contribution in [1.82, 2.24) is 0 Å². The minimum Gasteiger partial charge on any atom is -0.309 e. The lowest BCUT2D eigenvalue weighted by Gasteiger charge is -2.28. The van der Waals surface area contributed by atoms with Gasteiger partial charge in [-0.15, -0.1) is 11.3 Å². The van der Waals surface area contributed by atoms with Crippen LogP contribution in [0.2, 0.25) is 0 Å². The number of hydrogen-bond acceptors (Lipinski definition) is 2. The monoisotopic (exact) mass is 629 g/mol. The fourth-order valence-electron chi connectivity index (χ4n) is 6.93. The van der Waals surface area contributed by atoms with Gasteiger partial charge in [-0.25, -0.2) is 0 Å². The number of rotatable bonds is 6. The number of fused-ring (bicyclic) bond motifs is 4. The molecule has 226 valence electrons. The normalized spacial score (nSPS) is 11.3. The highest BCUT2D eigenvalue weighted by atomic mass is 32.1. The molecular weight excluding hydrogens is 599 g/mol. The smallest absolute Gasteiger partial charge is 0.0640 e. The van der Waals surface area contributed by atoms with Gasteiger partial charge in [-0.05, 0) is 86.6 Å². The van der Waals surface area contributed by atoms with Crippen LogP contribution >= 0.6 is 11.3 Å². The molecule has 0 bridgehead atoms. The molecule has 2 heteroatoms. The van der Waals surface area contributed by atoms with Crippen LogP contribution < -0.4 is 4.90 Å². The third-order valence-corrected chi connectivity index (χ3v) is 10.5. The summed E-state index contributed by atoms with van der Waals surface area (Å²) in [6, 6.07) is 68.2. The second-order valence-electron chi connectivity index (χ2n) is 12.2. The first-order valence-electron chi connectivity index (χ1n) is 16.3. The van der Waals surface area contributed by atoms with Crippen LogP contribution in [0.5, 0.6) is 0 Å². The summed E-state index contributed by atoms with van der Waals surface area (Å²) in [5.74, 6) is 0. The van der Waals surface area contributed by atoms with Crippen molar-refractivity contribution in [3.63, 3.8) is 0 Å². The van der Waals surface area contributed by atoms with Gasteiger partial charge < -0.3 is 4.90 Å². The van der Waals surface area contributed by atoms with Crippen molar-refractivity contribution in [1.29, 1.82) is 0 Å². The van der Waals surface area contributed by atoms with E-state index in [9.17, 15) is 0 Å². The number of thiophene rings is 1. The molecular formula is C46H31NS. The fourth-order valence-corrected chi connectivity index (χ4v) is 8.13. The maximum atomic E-state index is 2.45. The van der Waals surface area contributed by atoms with E-state index in [0.29, 0.717) is 0 Å². The van der Waals surface area contributed by atoms with Crippen LogP contribution in [0.1, 0.15) is 0 Å². The lowest BCUT2D eigenvalue weighted by Crippen LogP contribution is -2.10. The summed E-state index contributed by atoms with van der Waals surface area (Å²) >= 11 is 1.87. The van der Waals surface area contributed by atoms with Crippen molar-refractivity contribution >= 4 is 59.3 Å². The highest BCUT2D eigenvalue weighted by Gasteiger charge is 2.20. The molecule has 0 amide bonds. The predicted octanol–water partition coefficient (Wildman–Crippen LogP) is 13.7. The van der Waals surface area contributed by atoms with Crippen LogP contribution in [0.25, 0.3) is 64.3 Å². The van der Waals surface area contributed by atoms with E-state index in [1.165, 1.54) is 70.0 Å². The molecule has 0 aliphatic carbocycles. The summed E-state index contributed by atoms with van der Waals surface area (Å²) in [6.45, 7) is 0. The van der Waals surface area contributed by atoms with Crippen LogP contribution in [-0.4, -0.2) is 0 Å². The van der Waals surface area contributed by atoms with E-state index in [1.54, 1.807) is 0 Å². The largest absolute Gasteiger partial charge is 0.309 e. The van der Waals surface area contributed by atoms with E-state index in [-0.39, 0.29) is 0 Å². The molecule has 0 saturated carbocycles. The minimum atomic E-state index is 1.12. The van der Waals surface area contributed by atoms with Crippen molar-refractivity contribution < 1.29 is 0 Å². The Balaban J connectivity index is 1.28. The maximum Gasteiger partial charge on any atom is 0.0640 e. The summed E-state index contributed by atoms with van der Waals surface area (Å²) in [5, 5.41) is 5.08. The Morgan fingerprint density at radius 2 is 0.979 bits per heavy atom. The van der Waals surface area contributed by atoms with Gasteiger partial charge in [0.25, 0.3) is 0 Å². The number of hydrogen-bond donors (Lipinski definition) is 0. The fraction of sp³-hybridized carbons (Fsp3) is 0. The van der Waals surface area contributed by atoms with Crippen LogP contribution in [0, 0.1) is 0 Å². The Hall–Kier alpha value is -5.96. The van der Waals surface area contributed by atoms with E-state index in [1.807, 2.05) is 11.3 Å². The molecule has 0 N–H and O–H groups in total. The van der Waals surface area contributed by atoms with Crippen LogP contribution in [-0.2, 0) is 0 Å². The molecule has 1 heterocycles.